The molecule has 2 aliphatic heterocycles. The first-order chi connectivity index (χ1) is 10.2. The molecule has 3 heterocycles. The zero-order valence-corrected chi connectivity index (χ0v) is 12.3. The Morgan fingerprint density at radius 1 is 1.57 bits per heavy atom. The lowest BCUT2D eigenvalue weighted by Gasteiger charge is -2.50. The molecule has 0 radical (unpaired) electrons. The lowest BCUT2D eigenvalue weighted by molar-refractivity contribution is -0.142. The summed E-state index contributed by atoms with van der Waals surface area (Å²) in [6.45, 7) is 2.81. The van der Waals surface area contributed by atoms with Gasteiger partial charge in [-0.05, 0) is 19.3 Å². The molecule has 0 unspecified atom stereocenters. The van der Waals surface area contributed by atoms with Gasteiger partial charge in [-0.2, -0.15) is 0 Å². The van der Waals surface area contributed by atoms with E-state index in [1.807, 2.05) is 4.90 Å². The molecule has 0 spiro atoms. The van der Waals surface area contributed by atoms with Crippen LogP contribution in [0.5, 0.6) is 0 Å². The van der Waals surface area contributed by atoms with Crippen LogP contribution in [0.15, 0.2) is 18.6 Å². The minimum absolute atomic E-state index is 0.0531. The maximum atomic E-state index is 12.6. The summed E-state index contributed by atoms with van der Waals surface area (Å²) in [5, 5.41) is 0. The monoisotopic (exact) mass is 291 g/mol. The van der Waals surface area contributed by atoms with Crippen molar-refractivity contribution in [3.63, 3.8) is 0 Å². The van der Waals surface area contributed by atoms with Crippen molar-refractivity contribution in [3.05, 3.63) is 24.3 Å². The molecule has 0 aromatic carbocycles. The van der Waals surface area contributed by atoms with Crippen molar-refractivity contribution in [1.29, 1.82) is 0 Å². The van der Waals surface area contributed by atoms with Gasteiger partial charge in [-0.25, -0.2) is 4.98 Å². The molecule has 2 aliphatic rings. The fourth-order valence-electron chi connectivity index (χ4n) is 3.53. The van der Waals surface area contributed by atoms with Gasteiger partial charge >= 0.3 is 0 Å². The van der Waals surface area contributed by atoms with E-state index in [9.17, 15) is 4.79 Å². The Hall–Kier alpha value is -1.53. The predicted octanol–water partition coefficient (Wildman–Crippen LogP) is 1.13. The van der Waals surface area contributed by atoms with E-state index in [-0.39, 0.29) is 17.4 Å². The molecule has 114 valence electrons. The Kier molecular flexibility index (Phi) is 4.17. The van der Waals surface area contributed by atoms with Crippen molar-refractivity contribution in [3.8, 4) is 0 Å². The van der Waals surface area contributed by atoms with Crippen LogP contribution in [0.4, 0.5) is 0 Å². The number of ether oxygens (including phenoxy) is 2. The summed E-state index contributed by atoms with van der Waals surface area (Å²) in [5.41, 5.74) is 0.323. The van der Waals surface area contributed by atoms with E-state index in [1.165, 1.54) is 6.20 Å². The number of hydrogen-bond acceptors (Lipinski definition) is 5. The summed E-state index contributed by atoms with van der Waals surface area (Å²) in [7, 11) is 1.71. The number of fused-ring (bicyclic) bond motifs is 1. The van der Waals surface area contributed by atoms with Crippen molar-refractivity contribution in [2.75, 3.05) is 33.4 Å². The number of piperidine rings is 1. The summed E-state index contributed by atoms with van der Waals surface area (Å²) in [4.78, 5) is 22.5. The Labute approximate surface area is 124 Å². The standard InChI is InChI=1S/C15H21N3O3/c1-20-11-15-4-2-8-21-13(15)3-7-18(10-15)14(19)12-9-16-5-6-17-12/h5-6,9,13H,2-4,7-8,10-11H2,1H3/t13-,15+/m0/s1. The maximum Gasteiger partial charge on any atom is 0.274 e. The van der Waals surface area contributed by atoms with Crippen LogP contribution in [0.1, 0.15) is 29.8 Å². The molecule has 0 saturated carbocycles. The van der Waals surface area contributed by atoms with E-state index in [1.54, 1.807) is 19.5 Å². The van der Waals surface area contributed by atoms with Crippen molar-refractivity contribution >= 4 is 5.91 Å². The summed E-state index contributed by atoms with van der Waals surface area (Å²) < 4.78 is 11.4. The lowest BCUT2D eigenvalue weighted by Crippen LogP contribution is -2.58. The second kappa shape index (κ2) is 6.07. The third-order valence-electron chi connectivity index (χ3n) is 4.49. The van der Waals surface area contributed by atoms with Crippen molar-refractivity contribution in [2.24, 2.45) is 5.41 Å². The average molecular weight is 291 g/mol. The van der Waals surface area contributed by atoms with Gasteiger partial charge in [-0.15, -0.1) is 0 Å². The van der Waals surface area contributed by atoms with Gasteiger partial charge in [-0.1, -0.05) is 0 Å². The zero-order valence-electron chi connectivity index (χ0n) is 12.3. The number of aromatic nitrogens is 2. The Bertz CT molecular complexity index is 492. The van der Waals surface area contributed by atoms with Gasteiger partial charge in [0.05, 0.1) is 18.9 Å². The Morgan fingerprint density at radius 3 is 3.24 bits per heavy atom. The zero-order chi connectivity index (χ0) is 14.7. The van der Waals surface area contributed by atoms with E-state index in [2.05, 4.69) is 9.97 Å². The molecule has 0 N–H and O–H groups in total. The molecule has 2 saturated heterocycles. The van der Waals surface area contributed by atoms with Gasteiger partial charge in [0.2, 0.25) is 0 Å². The van der Waals surface area contributed by atoms with Crippen LogP contribution in [0.25, 0.3) is 0 Å². The highest BCUT2D eigenvalue weighted by molar-refractivity contribution is 5.92. The largest absolute Gasteiger partial charge is 0.384 e. The number of nitrogens with zero attached hydrogens (tertiary/aromatic N) is 3. The first kappa shape index (κ1) is 14.4. The van der Waals surface area contributed by atoms with Crippen LogP contribution in [-0.2, 0) is 9.47 Å². The SMILES string of the molecule is COC[C@]12CCCO[C@H]1CCN(C(=O)c1cnccn1)C2. The molecule has 1 aromatic rings. The molecule has 1 amide bonds. The highest BCUT2D eigenvalue weighted by atomic mass is 16.5. The van der Waals surface area contributed by atoms with Crippen LogP contribution in [-0.4, -0.2) is 60.3 Å². The Balaban J connectivity index is 1.78. The van der Waals surface area contributed by atoms with E-state index in [0.717, 1.165) is 25.9 Å². The van der Waals surface area contributed by atoms with Gasteiger partial charge < -0.3 is 14.4 Å². The van der Waals surface area contributed by atoms with Gasteiger partial charge in [0.25, 0.3) is 5.91 Å². The third-order valence-corrected chi connectivity index (χ3v) is 4.49. The molecule has 6 nitrogen and oxygen atoms in total. The van der Waals surface area contributed by atoms with Gasteiger partial charge in [0.15, 0.2) is 0 Å². The molecular formula is C15H21N3O3. The van der Waals surface area contributed by atoms with E-state index >= 15 is 0 Å². The van der Waals surface area contributed by atoms with Crippen LogP contribution in [0, 0.1) is 5.41 Å². The normalized spacial score (nSPS) is 29.0. The van der Waals surface area contributed by atoms with E-state index < -0.39 is 0 Å². The second-order valence-electron chi connectivity index (χ2n) is 5.86. The average Bonchev–Trinajstić information content (AvgIpc) is 2.54. The number of likely N-dealkylation sites (tertiary alicyclic amines) is 1. The molecule has 2 atom stereocenters. The van der Waals surface area contributed by atoms with Crippen LogP contribution >= 0.6 is 0 Å². The fourth-order valence-corrected chi connectivity index (χ4v) is 3.53. The fraction of sp³-hybridized carbons (Fsp3) is 0.667. The lowest BCUT2D eigenvalue weighted by atomic mass is 9.73. The van der Waals surface area contributed by atoms with Gasteiger partial charge in [0.1, 0.15) is 5.69 Å². The van der Waals surface area contributed by atoms with E-state index in [0.29, 0.717) is 25.4 Å². The minimum Gasteiger partial charge on any atom is -0.384 e. The molecule has 0 bridgehead atoms. The number of hydrogen-bond donors (Lipinski definition) is 0. The number of amides is 1. The van der Waals surface area contributed by atoms with Crippen LogP contribution in [0.2, 0.25) is 0 Å². The van der Waals surface area contributed by atoms with Crippen molar-refractivity contribution in [1.82, 2.24) is 14.9 Å². The minimum atomic E-state index is -0.0802. The smallest absolute Gasteiger partial charge is 0.274 e. The number of rotatable bonds is 3. The Morgan fingerprint density at radius 2 is 2.48 bits per heavy atom. The maximum absolute atomic E-state index is 12.6. The summed E-state index contributed by atoms with van der Waals surface area (Å²) in [6, 6.07) is 0. The number of carbonyl (C=O) groups excluding carboxylic acids is 1. The van der Waals surface area contributed by atoms with E-state index in [4.69, 9.17) is 9.47 Å². The first-order valence-corrected chi connectivity index (χ1v) is 7.41. The first-order valence-electron chi connectivity index (χ1n) is 7.41. The summed E-state index contributed by atoms with van der Waals surface area (Å²) in [5.74, 6) is -0.0531. The molecule has 1 aromatic heterocycles. The van der Waals surface area contributed by atoms with Gasteiger partial charge in [-0.3, -0.25) is 9.78 Å². The second-order valence-corrected chi connectivity index (χ2v) is 5.86. The summed E-state index contributed by atoms with van der Waals surface area (Å²) >= 11 is 0. The summed E-state index contributed by atoms with van der Waals surface area (Å²) in [6.07, 6.45) is 7.75. The van der Waals surface area contributed by atoms with Crippen LogP contribution in [0.3, 0.4) is 0 Å². The third kappa shape index (κ3) is 2.78. The quantitative estimate of drug-likeness (QED) is 0.835. The highest BCUT2D eigenvalue weighted by Crippen LogP contribution is 2.40. The predicted molar refractivity (Wildman–Crippen MR) is 75.8 cm³/mol. The number of methoxy groups -OCH3 is 1. The van der Waals surface area contributed by atoms with Crippen molar-refractivity contribution < 1.29 is 14.3 Å². The van der Waals surface area contributed by atoms with Gasteiger partial charge in [0, 0.05) is 44.6 Å². The highest BCUT2D eigenvalue weighted by Gasteiger charge is 2.47. The topological polar surface area (TPSA) is 64.6 Å². The van der Waals surface area contributed by atoms with Crippen LogP contribution < -0.4 is 0 Å². The molecule has 2 fully saturated rings. The van der Waals surface area contributed by atoms with Crippen molar-refractivity contribution in [2.45, 2.75) is 25.4 Å². The number of carbonyl (C=O) groups is 1. The molecule has 3 rings (SSSR count). The molecule has 6 heteroatoms. The molecule has 0 aliphatic carbocycles. The molecule has 21 heavy (non-hydrogen) atoms. The molecular weight excluding hydrogens is 270 g/mol.